The second-order valence-electron chi connectivity index (χ2n) is 4.86. The Morgan fingerprint density at radius 2 is 1.64 bits per heavy atom. The van der Waals surface area contributed by atoms with Crippen LogP contribution < -0.4 is 20.5 Å². The third-order valence-corrected chi connectivity index (χ3v) is 2.66. The molecule has 0 aromatic heterocycles. The zero-order chi connectivity index (χ0) is 19.1. The van der Waals surface area contributed by atoms with E-state index in [9.17, 15) is 31.1 Å². The lowest BCUT2D eigenvalue weighted by Gasteiger charge is -2.15. The molecule has 142 valence electrons. The second kappa shape index (κ2) is 8.79. The van der Waals surface area contributed by atoms with E-state index >= 15 is 0 Å². The fourth-order valence-corrected chi connectivity index (χ4v) is 1.63. The first kappa shape index (κ1) is 20.9. The van der Waals surface area contributed by atoms with Crippen LogP contribution in [-0.2, 0) is 0 Å². The van der Waals surface area contributed by atoms with Crippen molar-refractivity contribution in [1.82, 2.24) is 5.32 Å². The van der Waals surface area contributed by atoms with Gasteiger partial charge in [0.2, 0.25) is 0 Å². The highest BCUT2D eigenvalue weighted by Crippen LogP contribution is 2.27. The van der Waals surface area contributed by atoms with Crippen molar-refractivity contribution >= 4 is 5.91 Å². The Morgan fingerprint density at radius 1 is 1.04 bits per heavy atom. The van der Waals surface area contributed by atoms with E-state index in [1.165, 1.54) is 0 Å². The molecular formula is C14H16F6N2O3. The molecule has 0 aliphatic heterocycles. The summed E-state index contributed by atoms with van der Waals surface area (Å²) in [6.45, 7) is -2.85. The minimum absolute atomic E-state index is 0.141. The number of halogens is 6. The highest BCUT2D eigenvalue weighted by Gasteiger charge is 2.30. The van der Waals surface area contributed by atoms with Gasteiger partial charge in [-0.3, -0.25) is 4.79 Å². The Labute approximate surface area is 139 Å². The highest BCUT2D eigenvalue weighted by atomic mass is 19.4. The smallest absolute Gasteiger partial charge is 0.422 e. The molecule has 1 aromatic rings. The number of alkyl halides is 6. The third kappa shape index (κ3) is 8.47. The number of carbonyl (C=O) groups excluding carboxylic acids is 1. The topological polar surface area (TPSA) is 73.6 Å². The molecule has 3 N–H and O–H groups in total. The minimum Gasteiger partial charge on any atom is -0.484 e. The van der Waals surface area contributed by atoms with Gasteiger partial charge in [-0.25, -0.2) is 0 Å². The number of ether oxygens (including phenoxy) is 2. The Kier molecular flexibility index (Phi) is 7.34. The van der Waals surface area contributed by atoms with Gasteiger partial charge in [-0.2, -0.15) is 26.3 Å². The lowest BCUT2D eigenvalue weighted by molar-refractivity contribution is -0.154. The van der Waals surface area contributed by atoms with Crippen molar-refractivity contribution in [1.29, 1.82) is 0 Å². The summed E-state index contributed by atoms with van der Waals surface area (Å²) in [5.41, 5.74) is 4.88. The van der Waals surface area contributed by atoms with Crippen LogP contribution in [-0.4, -0.2) is 44.6 Å². The number of amides is 1. The maximum absolute atomic E-state index is 12.3. The lowest BCUT2D eigenvalue weighted by atomic mass is 10.1. The molecule has 0 heterocycles. The van der Waals surface area contributed by atoms with Crippen LogP contribution in [0.5, 0.6) is 11.5 Å². The van der Waals surface area contributed by atoms with Gasteiger partial charge >= 0.3 is 12.4 Å². The molecule has 0 aliphatic rings. The number of carbonyl (C=O) groups is 1. The van der Waals surface area contributed by atoms with Gasteiger partial charge in [0.15, 0.2) is 13.2 Å². The summed E-state index contributed by atoms with van der Waals surface area (Å²) in [6.07, 6.45) is -8.83. The average Bonchev–Trinajstić information content (AvgIpc) is 2.50. The van der Waals surface area contributed by atoms with Crippen LogP contribution in [0.2, 0.25) is 0 Å². The van der Waals surface area contributed by atoms with Crippen molar-refractivity contribution in [2.24, 2.45) is 5.73 Å². The molecule has 0 aliphatic carbocycles. The molecule has 0 fully saturated rings. The molecule has 1 amide bonds. The monoisotopic (exact) mass is 374 g/mol. The molecule has 11 heteroatoms. The quantitative estimate of drug-likeness (QED) is 0.542. The van der Waals surface area contributed by atoms with Crippen molar-refractivity contribution in [3.63, 3.8) is 0 Å². The molecule has 0 radical (unpaired) electrons. The molecule has 5 nitrogen and oxygen atoms in total. The predicted molar refractivity (Wildman–Crippen MR) is 75.5 cm³/mol. The number of benzene rings is 1. The summed E-state index contributed by atoms with van der Waals surface area (Å²) in [6, 6.07) is 2.80. The molecule has 0 saturated heterocycles. The number of rotatable bonds is 8. The molecular weight excluding hydrogens is 358 g/mol. The van der Waals surface area contributed by atoms with Gasteiger partial charge in [0.1, 0.15) is 11.5 Å². The van der Waals surface area contributed by atoms with E-state index in [2.05, 4.69) is 14.8 Å². The van der Waals surface area contributed by atoms with Crippen LogP contribution in [0.4, 0.5) is 26.3 Å². The largest absolute Gasteiger partial charge is 0.484 e. The van der Waals surface area contributed by atoms with Crippen molar-refractivity contribution < 1.29 is 40.6 Å². The van der Waals surface area contributed by atoms with Crippen LogP contribution in [0, 0.1) is 0 Å². The summed E-state index contributed by atoms with van der Waals surface area (Å²) in [5.74, 6) is -1.58. The van der Waals surface area contributed by atoms with Crippen LogP contribution in [0.3, 0.4) is 0 Å². The molecule has 0 unspecified atom stereocenters. The fourth-order valence-electron chi connectivity index (χ4n) is 1.63. The van der Waals surface area contributed by atoms with Gasteiger partial charge in [0.05, 0.1) is 5.56 Å². The first-order valence-electron chi connectivity index (χ1n) is 7.03. The van der Waals surface area contributed by atoms with E-state index in [0.717, 1.165) is 18.2 Å². The standard InChI is InChI=1S/C14H16F6N2O3/c15-13(16,17)7-24-9-2-3-11(25-8-14(18,19)20)10(6-9)12(23)22-5-1-4-21/h2-3,6H,1,4-5,7-8,21H2,(H,22,23). The first-order valence-corrected chi connectivity index (χ1v) is 7.03. The molecule has 0 saturated carbocycles. The molecule has 0 bridgehead atoms. The molecule has 25 heavy (non-hydrogen) atoms. The van der Waals surface area contributed by atoms with E-state index < -0.39 is 37.2 Å². The van der Waals surface area contributed by atoms with E-state index in [1.807, 2.05) is 0 Å². The number of hydrogen-bond acceptors (Lipinski definition) is 4. The first-order chi connectivity index (χ1) is 11.5. The normalized spacial score (nSPS) is 12.0. The summed E-state index contributed by atoms with van der Waals surface area (Å²) >= 11 is 0. The molecule has 0 atom stereocenters. The van der Waals surface area contributed by atoms with E-state index in [-0.39, 0.29) is 24.4 Å². The van der Waals surface area contributed by atoms with Crippen LogP contribution in [0.25, 0.3) is 0 Å². The number of nitrogens with one attached hydrogen (secondary N) is 1. The highest BCUT2D eigenvalue weighted by molar-refractivity contribution is 5.97. The lowest BCUT2D eigenvalue weighted by Crippen LogP contribution is -2.27. The van der Waals surface area contributed by atoms with Gasteiger partial charge in [-0.1, -0.05) is 0 Å². The average molecular weight is 374 g/mol. The van der Waals surface area contributed by atoms with Crippen LogP contribution >= 0.6 is 0 Å². The zero-order valence-electron chi connectivity index (χ0n) is 12.8. The van der Waals surface area contributed by atoms with Crippen molar-refractivity contribution in [3.8, 4) is 11.5 Å². The van der Waals surface area contributed by atoms with Crippen molar-refractivity contribution in [3.05, 3.63) is 23.8 Å². The Balaban J connectivity index is 2.95. The van der Waals surface area contributed by atoms with E-state index in [4.69, 9.17) is 5.73 Å². The number of nitrogens with two attached hydrogens (primary N) is 1. The maximum Gasteiger partial charge on any atom is 0.422 e. The maximum atomic E-state index is 12.3. The fraction of sp³-hybridized carbons (Fsp3) is 0.500. The van der Waals surface area contributed by atoms with E-state index in [0.29, 0.717) is 6.42 Å². The molecule has 1 rings (SSSR count). The van der Waals surface area contributed by atoms with Crippen molar-refractivity contribution in [2.75, 3.05) is 26.3 Å². The van der Waals surface area contributed by atoms with Gasteiger partial charge in [0.25, 0.3) is 5.91 Å². The van der Waals surface area contributed by atoms with Gasteiger partial charge < -0.3 is 20.5 Å². The summed E-state index contributed by atoms with van der Waals surface area (Å²) in [7, 11) is 0. The van der Waals surface area contributed by atoms with Gasteiger partial charge in [-0.15, -0.1) is 0 Å². The Bertz CT molecular complexity index is 575. The number of hydrogen-bond donors (Lipinski definition) is 2. The molecule has 1 aromatic carbocycles. The third-order valence-electron chi connectivity index (χ3n) is 2.66. The van der Waals surface area contributed by atoms with Crippen molar-refractivity contribution in [2.45, 2.75) is 18.8 Å². The Hall–Kier alpha value is -2.17. The van der Waals surface area contributed by atoms with Gasteiger partial charge in [-0.05, 0) is 31.2 Å². The molecule has 0 spiro atoms. The summed E-state index contributed by atoms with van der Waals surface area (Å²) in [5, 5.41) is 2.38. The summed E-state index contributed by atoms with van der Waals surface area (Å²) in [4.78, 5) is 12.0. The minimum atomic E-state index is -4.64. The van der Waals surface area contributed by atoms with Crippen LogP contribution in [0.1, 0.15) is 16.8 Å². The van der Waals surface area contributed by atoms with E-state index in [1.54, 1.807) is 0 Å². The Morgan fingerprint density at radius 3 is 2.20 bits per heavy atom. The predicted octanol–water partition coefficient (Wildman–Crippen LogP) is 2.65. The second-order valence-corrected chi connectivity index (χ2v) is 4.86. The summed E-state index contributed by atoms with van der Waals surface area (Å²) < 4.78 is 82.3. The van der Waals surface area contributed by atoms with Crippen LogP contribution in [0.15, 0.2) is 18.2 Å². The van der Waals surface area contributed by atoms with Gasteiger partial charge in [0, 0.05) is 6.54 Å². The SMILES string of the molecule is NCCCNC(=O)c1cc(OCC(F)(F)F)ccc1OCC(F)(F)F. The zero-order valence-corrected chi connectivity index (χ0v) is 12.8.